The molecular weight excluding hydrogens is 486 g/mol. The number of aliphatic imine (C=N–C) groups is 1. The fourth-order valence-electron chi connectivity index (χ4n) is 2.31. The van der Waals surface area contributed by atoms with Crippen LogP contribution in [0.3, 0.4) is 0 Å². The number of hydrogen-bond acceptors (Lipinski definition) is 3. The average molecular weight is 514 g/mol. The molecule has 0 unspecified atom stereocenters. The van der Waals surface area contributed by atoms with E-state index in [2.05, 4.69) is 10.3 Å². The van der Waals surface area contributed by atoms with Crippen LogP contribution in [-0.2, 0) is 11.3 Å². The highest BCUT2D eigenvalue weighted by Crippen LogP contribution is 2.10. The van der Waals surface area contributed by atoms with Crippen LogP contribution in [0.2, 0.25) is 0 Å². The molecule has 6 nitrogen and oxygen atoms in total. The van der Waals surface area contributed by atoms with Gasteiger partial charge in [0.15, 0.2) is 5.96 Å². The van der Waals surface area contributed by atoms with Gasteiger partial charge in [-0.3, -0.25) is 4.79 Å². The summed E-state index contributed by atoms with van der Waals surface area (Å²) in [6.45, 7) is 1.61. The molecule has 0 spiro atoms. The number of carbonyl (C=O) groups excluding carboxylic acids is 1. The molecule has 1 amide bonds. The van der Waals surface area contributed by atoms with Crippen molar-refractivity contribution in [2.45, 2.75) is 6.54 Å². The summed E-state index contributed by atoms with van der Waals surface area (Å²) in [7, 11) is 5.31. The molecule has 0 saturated heterocycles. The molecule has 29 heavy (non-hydrogen) atoms. The van der Waals surface area contributed by atoms with Crippen LogP contribution >= 0.6 is 24.0 Å². The second-order valence-corrected chi connectivity index (χ2v) is 6.49. The maximum Gasteiger partial charge on any atom is 0.241 e. The summed E-state index contributed by atoms with van der Waals surface area (Å²) in [5.41, 5.74) is 1.08. The lowest BCUT2D eigenvalue weighted by Crippen LogP contribution is -2.45. The highest BCUT2D eigenvalue weighted by molar-refractivity contribution is 14.0. The van der Waals surface area contributed by atoms with Crippen LogP contribution in [0.1, 0.15) is 5.56 Å². The van der Waals surface area contributed by atoms with E-state index in [0.29, 0.717) is 31.4 Å². The molecular formula is C21H28FIN4O2. The van der Waals surface area contributed by atoms with Gasteiger partial charge >= 0.3 is 0 Å². The van der Waals surface area contributed by atoms with Crippen molar-refractivity contribution < 1.29 is 13.9 Å². The van der Waals surface area contributed by atoms with Gasteiger partial charge in [-0.25, -0.2) is 9.38 Å². The lowest BCUT2D eigenvalue weighted by atomic mass is 10.2. The van der Waals surface area contributed by atoms with E-state index in [9.17, 15) is 9.18 Å². The van der Waals surface area contributed by atoms with Gasteiger partial charge < -0.3 is 19.9 Å². The first-order valence-electron chi connectivity index (χ1n) is 9.07. The van der Waals surface area contributed by atoms with Crippen molar-refractivity contribution in [2.24, 2.45) is 4.99 Å². The van der Waals surface area contributed by atoms with Gasteiger partial charge in [0.2, 0.25) is 5.91 Å². The number of nitrogens with one attached hydrogen (secondary N) is 1. The third-order valence-corrected chi connectivity index (χ3v) is 4.02. The zero-order valence-corrected chi connectivity index (χ0v) is 19.3. The Morgan fingerprint density at radius 1 is 1.07 bits per heavy atom. The Kier molecular flexibility index (Phi) is 11.0. The first-order chi connectivity index (χ1) is 13.5. The largest absolute Gasteiger partial charge is 0.492 e. The minimum atomic E-state index is -0.297. The molecule has 0 aromatic heterocycles. The molecule has 1 N–H and O–H groups in total. The summed E-state index contributed by atoms with van der Waals surface area (Å²) in [4.78, 5) is 19.9. The standard InChI is InChI=1S/C21H27FN4O2.HI/c1-25(2)20(27)16-24-21(23-15-17-7-5-4-6-8-17)26(3)13-14-28-19-11-9-18(22)10-12-19;/h4-12H,13-16H2,1-3H3,(H,23,24);1H. The second kappa shape index (κ2) is 13.0. The predicted octanol–water partition coefficient (Wildman–Crippen LogP) is 2.99. The lowest BCUT2D eigenvalue weighted by molar-refractivity contribution is -0.127. The Labute approximate surface area is 188 Å². The van der Waals surface area contributed by atoms with E-state index in [1.54, 1.807) is 26.2 Å². The smallest absolute Gasteiger partial charge is 0.241 e. The zero-order valence-electron chi connectivity index (χ0n) is 17.0. The Balaban J connectivity index is 0.00000420. The Morgan fingerprint density at radius 2 is 1.72 bits per heavy atom. The van der Waals surface area contributed by atoms with Crippen molar-refractivity contribution in [3.05, 3.63) is 66.0 Å². The first kappa shape index (κ1) is 24.7. The van der Waals surface area contributed by atoms with Crippen molar-refractivity contribution in [3.63, 3.8) is 0 Å². The van der Waals surface area contributed by atoms with E-state index in [4.69, 9.17) is 4.74 Å². The van der Waals surface area contributed by atoms with E-state index in [0.717, 1.165) is 5.56 Å². The fraction of sp³-hybridized carbons (Fsp3) is 0.333. The van der Waals surface area contributed by atoms with Crippen LogP contribution in [0.15, 0.2) is 59.6 Å². The number of carbonyl (C=O) groups is 1. The van der Waals surface area contributed by atoms with Crippen LogP contribution in [0.25, 0.3) is 0 Å². The highest BCUT2D eigenvalue weighted by atomic mass is 127. The Bertz CT molecular complexity index is 770. The van der Waals surface area contributed by atoms with Gasteiger partial charge in [0.05, 0.1) is 19.6 Å². The molecule has 0 aliphatic carbocycles. The molecule has 0 radical (unpaired) electrons. The van der Waals surface area contributed by atoms with E-state index < -0.39 is 0 Å². The van der Waals surface area contributed by atoms with E-state index in [1.165, 1.54) is 17.0 Å². The van der Waals surface area contributed by atoms with E-state index >= 15 is 0 Å². The summed E-state index contributed by atoms with van der Waals surface area (Å²) in [6.07, 6.45) is 0. The maximum absolute atomic E-state index is 13.0. The van der Waals surface area contributed by atoms with Crippen molar-refractivity contribution in [2.75, 3.05) is 40.8 Å². The van der Waals surface area contributed by atoms with Gasteiger partial charge in [0.25, 0.3) is 0 Å². The molecule has 0 heterocycles. The summed E-state index contributed by atoms with van der Waals surface area (Å²) < 4.78 is 18.6. The van der Waals surface area contributed by atoms with Crippen LogP contribution in [-0.4, -0.2) is 62.5 Å². The number of rotatable bonds is 8. The fourth-order valence-corrected chi connectivity index (χ4v) is 2.31. The molecule has 0 fully saturated rings. The predicted molar refractivity (Wildman–Crippen MR) is 124 cm³/mol. The number of amides is 1. The molecule has 0 aliphatic rings. The second-order valence-electron chi connectivity index (χ2n) is 6.49. The van der Waals surface area contributed by atoms with Gasteiger partial charge in [0.1, 0.15) is 18.2 Å². The highest BCUT2D eigenvalue weighted by Gasteiger charge is 2.10. The molecule has 0 bridgehead atoms. The molecule has 0 atom stereocenters. The van der Waals surface area contributed by atoms with Crippen molar-refractivity contribution in [3.8, 4) is 5.75 Å². The monoisotopic (exact) mass is 514 g/mol. The summed E-state index contributed by atoms with van der Waals surface area (Å²) in [6, 6.07) is 15.8. The lowest BCUT2D eigenvalue weighted by Gasteiger charge is -2.23. The molecule has 2 aromatic carbocycles. The van der Waals surface area contributed by atoms with E-state index in [1.807, 2.05) is 42.3 Å². The molecule has 0 saturated carbocycles. The normalized spacial score (nSPS) is 10.7. The van der Waals surface area contributed by atoms with Crippen LogP contribution in [0, 0.1) is 5.82 Å². The number of guanidine groups is 1. The summed E-state index contributed by atoms with van der Waals surface area (Å²) in [5, 5.41) is 3.11. The maximum atomic E-state index is 13.0. The van der Waals surface area contributed by atoms with Gasteiger partial charge in [-0.2, -0.15) is 0 Å². The number of nitrogens with zero attached hydrogens (tertiary/aromatic N) is 3. The van der Waals surface area contributed by atoms with Crippen molar-refractivity contribution in [1.29, 1.82) is 0 Å². The molecule has 2 aromatic rings. The summed E-state index contributed by atoms with van der Waals surface area (Å²) in [5.74, 6) is 0.882. The molecule has 158 valence electrons. The Hall–Kier alpha value is -2.36. The average Bonchev–Trinajstić information content (AvgIpc) is 2.69. The molecule has 2 rings (SSSR count). The number of likely N-dealkylation sites (N-methyl/N-ethyl adjacent to an activating group) is 2. The number of halogens is 2. The SMILES string of the molecule is CN(C)C(=O)CNC(=NCc1ccccc1)N(C)CCOc1ccc(F)cc1.I. The van der Waals surface area contributed by atoms with Crippen LogP contribution in [0.4, 0.5) is 4.39 Å². The minimum absolute atomic E-state index is 0. The topological polar surface area (TPSA) is 57.2 Å². The zero-order chi connectivity index (χ0) is 20.4. The molecule has 8 heteroatoms. The third kappa shape index (κ3) is 9.12. The van der Waals surface area contributed by atoms with Crippen molar-refractivity contribution in [1.82, 2.24) is 15.1 Å². The van der Waals surface area contributed by atoms with Crippen LogP contribution in [0.5, 0.6) is 5.75 Å². The number of benzene rings is 2. The van der Waals surface area contributed by atoms with Gasteiger partial charge in [0, 0.05) is 21.1 Å². The number of hydrogen-bond donors (Lipinski definition) is 1. The van der Waals surface area contributed by atoms with E-state index in [-0.39, 0.29) is 42.2 Å². The van der Waals surface area contributed by atoms with Crippen LogP contribution < -0.4 is 10.1 Å². The van der Waals surface area contributed by atoms with Crippen molar-refractivity contribution >= 4 is 35.8 Å². The quantitative estimate of drug-likeness (QED) is 0.335. The minimum Gasteiger partial charge on any atom is -0.492 e. The van der Waals surface area contributed by atoms with Gasteiger partial charge in [-0.15, -0.1) is 24.0 Å². The molecule has 0 aliphatic heterocycles. The summed E-state index contributed by atoms with van der Waals surface area (Å²) >= 11 is 0. The Morgan fingerprint density at radius 3 is 2.34 bits per heavy atom. The first-order valence-corrected chi connectivity index (χ1v) is 9.07. The number of ether oxygens (including phenoxy) is 1. The van der Waals surface area contributed by atoms with Gasteiger partial charge in [-0.1, -0.05) is 30.3 Å². The third-order valence-electron chi connectivity index (χ3n) is 4.02. The van der Waals surface area contributed by atoms with Gasteiger partial charge in [-0.05, 0) is 29.8 Å².